The van der Waals surface area contributed by atoms with Crippen LogP contribution in [0.3, 0.4) is 0 Å². The normalized spacial score (nSPS) is 17.9. The summed E-state index contributed by atoms with van der Waals surface area (Å²) >= 11 is 1.70. The summed E-state index contributed by atoms with van der Waals surface area (Å²) in [4.78, 5) is 13.6. The number of hydrazone groups is 1. The van der Waals surface area contributed by atoms with Gasteiger partial charge in [-0.25, -0.2) is 5.43 Å². The Labute approximate surface area is 128 Å². The predicted octanol–water partition coefficient (Wildman–Crippen LogP) is 2.98. The summed E-state index contributed by atoms with van der Waals surface area (Å²) in [7, 11) is 1.94. The van der Waals surface area contributed by atoms with Crippen LogP contribution in [0.25, 0.3) is 0 Å². The highest BCUT2D eigenvalue weighted by Crippen LogP contribution is 2.32. The van der Waals surface area contributed by atoms with E-state index in [0.717, 1.165) is 36.4 Å². The van der Waals surface area contributed by atoms with Crippen molar-refractivity contribution >= 4 is 23.5 Å². The molecule has 2 aromatic heterocycles. The van der Waals surface area contributed by atoms with Gasteiger partial charge in [0.2, 0.25) is 0 Å². The first-order valence-corrected chi connectivity index (χ1v) is 8.07. The quantitative estimate of drug-likeness (QED) is 0.687. The lowest BCUT2D eigenvalue weighted by molar-refractivity contribution is 0.0954. The van der Waals surface area contributed by atoms with E-state index in [-0.39, 0.29) is 5.91 Å². The summed E-state index contributed by atoms with van der Waals surface area (Å²) in [5.41, 5.74) is 5.61. The minimum atomic E-state index is -0.104. The van der Waals surface area contributed by atoms with Crippen molar-refractivity contribution in [3.8, 4) is 0 Å². The number of carbonyl (C=O) groups is 1. The second-order valence-electron chi connectivity index (χ2n) is 5.64. The van der Waals surface area contributed by atoms with Gasteiger partial charge in [-0.1, -0.05) is 6.92 Å². The molecule has 0 aromatic carbocycles. The average Bonchev–Trinajstić information content (AvgIpc) is 3.05. The molecule has 21 heavy (non-hydrogen) atoms. The highest BCUT2D eigenvalue weighted by Gasteiger charge is 2.22. The number of hydrogen-bond donors (Lipinski definition) is 1. The molecule has 1 N–H and O–H groups in total. The largest absolute Gasteiger partial charge is 0.350 e. The second-order valence-corrected chi connectivity index (χ2v) is 6.61. The maximum atomic E-state index is 12.2. The van der Waals surface area contributed by atoms with Gasteiger partial charge >= 0.3 is 0 Å². The minimum Gasteiger partial charge on any atom is -0.350 e. The Balaban J connectivity index is 1.69. The Hall–Kier alpha value is -1.88. The van der Waals surface area contributed by atoms with Gasteiger partial charge in [-0.15, -0.1) is 11.3 Å². The van der Waals surface area contributed by atoms with Crippen LogP contribution >= 0.6 is 11.3 Å². The molecule has 4 nitrogen and oxygen atoms in total. The lowest BCUT2D eigenvalue weighted by atomic mass is 9.88. The fourth-order valence-electron chi connectivity index (χ4n) is 2.69. The summed E-state index contributed by atoms with van der Waals surface area (Å²) in [5, 5.41) is 6.02. The third kappa shape index (κ3) is 2.93. The minimum absolute atomic E-state index is 0.104. The van der Waals surface area contributed by atoms with E-state index in [1.54, 1.807) is 17.6 Å². The van der Waals surface area contributed by atoms with Crippen molar-refractivity contribution in [3.63, 3.8) is 0 Å². The first kappa shape index (κ1) is 14.1. The molecule has 0 saturated carbocycles. The summed E-state index contributed by atoms with van der Waals surface area (Å²) < 4.78 is 1.95. The zero-order valence-corrected chi connectivity index (χ0v) is 13.1. The highest BCUT2D eigenvalue weighted by atomic mass is 32.1. The summed E-state index contributed by atoms with van der Waals surface area (Å²) in [6.45, 7) is 2.27. The average molecular weight is 301 g/mol. The van der Waals surface area contributed by atoms with E-state index in [0.29, 0.717) is 0 Å². The van der Waals surface area contributed by atoms with Crippen molar-refractivity contribution in [1.29, 1.82) is 0 Å². The van der Waals surface area contributed by atoms with Gasteiger partial charge in [-0.2, -0.15) is 5.10 Å². The number of fused-ring (bicyclic) bond motifs is 1. The fourth-order valence-corrected chi connectivity index (χ4v) is 3.94. The molecule has 0 radical (unpaired) electrons. The number of rotatable bonds is 3. The van der Waals surface area contributed by atoms with E-state index in [1.807, 2.05) is 35.3 Å². The number of aryl methyl sites for hydroxylation is 1. The molecule has 5 heteroatoms. The van der Waals surface area contributed by atoms with Crippen molar-refractivity contribution in [2.24, 2.45) is 18.1 Å². The Kier molecular flexibility index (Phi) is 3.92. The van der Waals surface area contributed by atoms with Crippen LogP contribution in [0.1, 0.15) is 39.8 Å². The maximum Gasteiger partial charge on any atom is 0.272 e. The van der Waals surface area contributed by atoms with E-state index in [1.165, 1.54) is 10.4 Å². The van der Waals surface area contributed by atoms with Crippen LogP contribution in [0.4, 0.5) is 0 Å². The number of nitrogens with zero attached hydrogens (tertiary/aromatic N) is 2. The lowest BCUT2D eigenvalue weighted by Crippen LogP contribution is -2.20. The van der Waals surface area contributed by atoms with Crippen molar-refractivity contribution in [2.75, 3.05) is 0 Å². The zero-order valence-electron chi connectivity index (χ0n) is 12.3. The number of thiophene rings is 1. The molecule has 0 bridgehead atoms. The molecule has 2 aromatic rings. The van der Waals surface area contributed by atoms with Gasteiger partial charge < -0.3 is 4.57 Å². The fraction of sp³-hybridized carbons (Fsp3) is 0.375. The first-order chi connectivity index (χ1) is 10.1. The highest BCUT2D eigenvalue weighted by molar-refractivity contribution is 7.10. The smallest absolute Gasteiger partial charge is 0.272 e. The standard InChI is InChI=1S/C16H19N3OS/c1-11-5-6-13-14(10-21-15(13)8-11)16(20)18-17-9-12-4-3-7-19(12)2/h3-4,7,9-11H,5-6,8H2,1-2H3,(H,18,20)/b17-9+. The van der Waals surface area contributed by atoms with Crippen LogP contribution in [0, 0.1) is 5.92 Å². The van der Waals surface area contributed by atoms with Gasteiger partial charge in [-0.05, 0) is 42.9 Å². The Morgan fingerprint density at radius 2 is 2.43 bits per heavy atom. The lowest BCUT2D eigenvalue weighted by Gasteiger charge is -2.18. The zero-order chi connectivity index (χ0) is 14.8. The van der Waals surface area contributed by atoms with Crippen LogP contribution < -0.4 is 5.43 Å². The van der Waals surface area contributed by atoms with E-state index in [4.69, 9.17) is 0 Å². The van der Waals surface area contributed by atoms with Gasteiger partial charge in [0.25, 0.3) is 5.91 Å². The molecule has 1 aliphatic carbocycles. The number of hydrogen-bond acceptors (Lipinski definition) is 3. The van der Waals surface area contributed by atoms with Crippen LogP contribution in [0.15, 0.2) is 28.8 Å². The predicted molar refractivity (Wildman–Crippen MR) is 86.0 cm³/mol. The summed E-state index contributed by atoms with van der Waals surface area (Å²) in [6, 6.07) is 3.89. The monoisotopic (exact) mass is 301 g/mol. The van der Waals surface area contributed by atoms with Gasteiger partial charge in [0.05, 0.1) is 17.5 Å². The molecule has 1 amide bonds. The second kappa shape index (κ2) is 5.85. The Bertz CT molecular complexity index is 684. The third-order valence-electron chi connectivity index (χ3n) is 3.99. The molecule has 0 aliphatic heterocycles. The van der Waals surface area contributed by atoms with Gasteiger partial charge in [0.15, 0.2) is 0 Å². The molecule has 0 fully saturated rings. The molecule has 1 unspecified atom stereocenters. The summed E-state index contributed by atoms with van der Waals surface area (Å²) in [5.74, 6) is 0.620. The van der Waals surface area contributed by atoms with Gasteiger partial charge in [0.1, 0.15) is 0 Å². The molecule has 0 saturated heterocycles. The van der Waals surface area contributed by atoms with E-state index in [2.05, 4.69) is 17.5 Å². The number of carbonyl (C=O) groups excluding carboxylic acids is 1. The van der Waals surface area contributed by atoms with Crippen molar-refractivity contribution < 1.29 is 4.79 Å². The van der Waals surface area contributed by atoms with E-state index >= 15 is 0 Å². The van der Waals surface area contributed by atoms with Gasteiger partial charge in [0, 0.05) is 23.5 Å². The molecule has 3 rings (SSSR count). The topological polar surface area (TPSA) is 46.4 Å². The first-order valence-electron chi connectivity index (χ1n) is 7.19. The van der Waals surface area contributed by atoms with Crippen LogP contribution in [0.2, 0.25) is 0 Å². The number of nitrogens with one attached hydrogen (secondary N) is 1. The molecule has 1 aliphatic rings. The Morgan fingerprint density at radius 3 is 3.19 bits per heavy atom. The van der Waals surface area contributed by atoms with E-state index in [9.17, 15) is 4.79 Å². The van der Waals surface area contributed by atoms with Crippen LogP contribution in [-0.2, 0) is 19.9 Å². The Morgan fingerprint density at radius 1 is 1.57 bits per heavy atom. The van der Waals surface area contributed by atoms with E-state index < -0.39 is 0 Å². The molecule has 0 spiro atoms. The molecule has 2 heterocycles. The number of aromatic nitrogens is 1. The third-order valence-corrected chi connectivity index (χ3v) is 5.04. The SMILES string of the molecule is CC1CCc2c(C(=O)N/N=C/c3cccn3C)csc2C1. The number of amides is 1. The van der Waals surface area contributed by atoms with Gasteiger partial charge in [-0.3, -0.25) is 4.79 Å². The van der Waals surface area contributed by atoms with Crippen molar-refractivity contribution in [1.82, 2.24) is 9.99 Å². The molecular weight excluding hydrogens is 282 g/mol. The van der Waals surface area contributed by atoms with Crippen molar-refractivity contribution in [2.45, 2.75) is 26.2 Å². The molecule has 1 atom stereocenters. The molecule has 110 valence electrons. The maximum absolute atomic E-state index is 12.2. The summed E-state index contributed by atoms with van der Waals surface area (Å²) in [6.07, 6.45) is 6.87. The van der Waals surface area contributed by atoms with Crippen molar-refractivity contribution in [3.05, 3.63) is 45.4 Å². The molecular formula is C16H19N3OS. The van der Waals surface area contributed by atoms with Crippen LogP contribution in [0.5, 0.6) is 0 Å². The van der Waals surface area contributed by atoms with Crippen LogP contribution in [-0.4, -0.2) is 16.7 Å².